The first kappa shape index (κ1) is 16.2. The molecule has 3 heteroatoms. The van der Waals surface area contributed by atoms with Crippen molar-refractivity contribution in [2.24, 2.45) is 0 Å². The van der Waals surface area contributed by atoms with E-state index in [1.165, 1.54) is 0 Å². The summed E-state index contributed by atoms with van der Waals surface area (Å²) in [4.78, 5) is 23.5. The lowest BCUT2D eigenvalue weighted by molar-refractivity contribution is -0.124. The Morgan fingerprint density at radius 3 is 2.59 bits per heavy atom. The van der Waals surface area contributed by atoms with Gasteiger partial charge in [0, 0.05) is 12.1 Å². The van der Waals surface area contributed by atoms with Crippen LogP contribution in [0.5, 0.6) is 0 Å². The average molecular weight is 297 g/mol. The van der Waals surface area contributed by atoms with Crippen molar-refractivity contribution in [2.75, 3.05) is 5.32 Å². The van der Waals surface area contributed by atoms with Crippen molar-refractivity contribution >= 4 is 22.8 Å². The van der Waals surface area contributed by atoms with Crippen LogP contribution >= 0.6 is 0 Å². The molecule has 0 spiro atoms. The van der Waals surface area contributed by atoms with Crippen LogP contribution in [0.3, 0.4) is 0 Å². The Hall–Kier alpha value is -2.16. The van der Waals surface area contributed by atoms with E-state index in [0.29, 0.717) is 12.8 Å². The number of unbranched alkanes of at least 4 members (excludes halogenated alkanes) is 1. The minimum Gasteiger partial charge on any atom is -0.375 e. The second kappa shape index (κ2) is 7.21. The molecule has 0 amide bonds. The molecule has 3 nitrogen and oxygen atoms in total. The number of carbonyl (C=O) groups is 2. The van der Waals surface area contributed by atoms with Gasteiger partial charge in [0.25, 0.3) is 0 Å². The van der Waals surface area contributed by atoms with Crippen molar-refractivity contribution in [3.05, 3.63) is 48.6 Å². The predicted octanol–water partition coefficient (Wildman–Crippen LogP) is 4.16. The fourth-order valence-corrected chi connectivity index (χ4v) is 2.58. The van der Waals surface area contributed by atoms with Crippen LogP contribution in [0.1, 0.15) is 44.6 Å². The molecule has 1 N–H and O–H groups in total. The number of benzene rings is 1. The smallest absolute Gasteiger partial charge is 0.187 e. The molecule has 1 atom stereocenters. The van der Waals surface area contributed by atoms with Gasteiger partial charge in [-0.25, -0.2) is 0 Å². The maximum Gasteiger partial charge on any atom is 0.187 e. The van der Waals surface area contributed by atoms with Crippen LogP contribution in [0.25, 0.3) is 5.57 Å². The zero-order valence-corrected chi connectivity index (χ0v) is 13.2. The van der Waals surface area contributed by atoms with E-state index in [2.05, 4.69) is 25.4 Å². The number of Topliss-reactive ketones (excluding diaryl/α,β-unsaturated/α-hetero) is 2. The summed E-state index contributed by atoms with van der Waals surface area (Å²) >= 11 is 0. The first-order valence-corrected chi connectivity index (χ1v) is 7.84. The number of carbonyl (C=O) groups excluding carboxylic acids is 2. The highest BCUT2D eigenvalue weighted by Crippen LogP contribution is 2.23. The highest BCUT2D eigenvalue weighted by molar-refractivity contribution is 6.23. The van der Waals surface area contributed by atoms with Gasteiger partial charge in [0.05, 0.1) is 11.6 Å². The third kappa shape index (κ3) is 3.73. The monoisotopic (exact) mass is 297 g/mol. The molecular formula is C19H23NO2. The van der Waals surface area contributed by atoms with Crippen LogP contribution < -0.4 is 5.32 Å². The Morgan fingerprint density at radius 1 is 1.27 bits per heavy atom. The van der Waals surface area contributed by atoms with Crippen molar-refractivity contribution in [1.29, 1.82) is 0 Å². The van der Waals surface area contributed by atoms with Gasteiger partial charge in [-0.1, -0.05) is 38.6 Å². The summed E-state index contributed by atoms with van der Waals surface area (Å²) in [6, 6.07) is 7.61. The summed E-state index contributed by atoms with van der Waals surface area (Å²) in [5, 5.41) is 3.20. The SMILES string of the molecule is C=C1C(=O)CCC(Nc2ccc(C(=C)CCCC)cc2)C1=O. The molecule has 0 heterocycles. The van der Waals surface area contributed by atoms with Gasteiger partial charge < -0.3 is 5.32 Å². The Bertz CT molecular complexity index is 598. The van der Waals surface area contributed by atoms with Crippen molar-refractivity contribution in [1.82, 2.24) is 0 Å². The van der Waals surface area contributed by atoms with Crippen LogP contribution in [0.2, 0.25) is 0 Å². The third-order valence-electron chi connectivity index (χ3n) is 4.08. The molecule has 1 aliphatic rings. The van der Waals surface area contributed by atoms with Gasteiger partial charge in [-0.2, -0.15) is 0 Å². The second-order valence-corrected chi connectivity index (χ2v) is 5.79. The van der Waals surface area contributed by atoms with Gasteiger partial charge in [-0.15, -0.1) is 0 Å². The Morgan fingerprint density at radius 2 is 1.95 bits per heavy atom. The molecule has 0 radical (unpaired) electrons. The van der Waals surface area contributed by atoms with Gasteiger partial charge in [0.2, 0.25) is 0 Å². The number of hydrogen-bond donors (Lipinski definition) is 1. The van der Waals surface area contributed by atoms with Crippen LogP contribution in [0, 0.1) is 0 Å². The maximum absolute atomic E-state index is 12.0. The van der Waals surface area contributed by atoms with Gasteiger partial charge in [-0.05, 0) is 42.5 Å². The Labute approximate surface area is 132 Å². The lowest BCUT2D eigenvalue weighted by atomic mass is 9.89. The Balaban J connectivity index is 1.99. The van der Waals surface area contributed by atoms with Gasteiger partial charge in [-0.3, -0.25) is 9.59 Å². The number of rotatable bonds is 6. The van der Waals surface area contributed by atoms with E-state index in [4.69, 9.17) is 0 Å². The van der Waals surface area contributed by atoms with E-state index < -0.39 is 0 Å². The molecule has 0 aromatic heterocycles. The van der Waals surface area contributed by atoms with Crippen LogP contribution in [-0.4, -0.2) is 17.6 Å². The zero-order chi connectivity index (χ0) is 16.1. The standard InChI is InChI=1S/C19H23NO2/c1-4-5-6-13(2)15-7-9-16(10-8-15)20-17-11-12-18(21)14(3)19(17)22/h7-10,17,20H,2-6,11-12H2,1H3. The van der Waals surface area contributed by atoms with Gasteiger partial charge >= 0.3 is 0 Å². The molecule has 22 heavy (non-hydrogen) atoms. The molecule has 1 fully saturated rings. The van der Waals surface area contributed by atoms with Crippen LogP contribution in [0.4, 0.5) is 5.69 Å². The molecular weight excluding hydrogens is 274 g/mol. The maximum atomic E-state index is 12.0. The average Bonchev–Trinajstić information content (AvgIpc) is 2.54. The van der Waals surface area contributed by atoms with Crippen molar-refractivity contribution < 1.29 is 9.59 Å². The third-order valence-corrected chi connectivity index (χ3v) is 4.08. The van der Waals surface area contributed by atoms with E-state index in [9.17, 15) is 9.59 Å². The van der Waals surface area contributed by atoms with E-state index in [1.807, 2.05) is 24.3 Å². The molecule has 1 aliphatic carbocycles. The predicted molar refractivity (Wildman–Crippen MR) is 90.8 cm³/mol. The van der Waals surface area contributed by atoms with Crippen LogP contribution in [0.15, 0.2) is 43.0 Å². The van der Waals surface area contributed by atoms with Crippen molar-refractivity contribution in [3.63, 3.8) is 0 Å². The molecule has 1 saturated carbocycles. The summed E-state index contributed by atoms with van der Waals surface area (Å²) in [5.41, 5.74) is 3.27. The summed E-state index contributed by atoms with van der Waals surface area (Å²) in [6.07, 6.45) is 4.22. The lowest BCUT2D eigenvalue weighted by Gasteiger charge is -2.23. The minimum atomic E-state index is -0.348. The summed E-state index contributed by atoms with van der Waals surface area (Å²) in [7, 11) is 0. The number of anilines is 1. The van der Waals surface area contributed by atoms with Crippen molar-refractivity contribution in [3.8, 4) is 0 Å². The second-order valence-electron chi connectivity index (χ2n) is 5.79. The fourth-order valence-electron chi connectivity index (χ4n) is 2.58. The highest BCUT2D eigenvalue weighted by atomic mass is 16.2. The number of allylic oxidation sites excluding steroid dienone is 1. The normalized spacial score (nSPS) is 18.4. The first-order valence-electron chi connectivity index (χ1n) is 7.84. The fraction of sp³-hybridized carbons (Fsp3) is 0.368. The molecule has 0 bridgehead atoms. The highest BCUT2D eigenvalue weighted by Gasteiger charge is 2.30. The van der Waals surface area contributed by atoms with E-state index in [0.717, 1.165) is 36.1 Å². The summed E-state index contributed by atoms with van der Waals surface area (Å²) in [5.74, 6) is -0.321. The molecule has 1 unspecified atom stereocenters. The van der Waals surface area contributed by atoms with Crippen LogP contribution in [-0.2, 0) is 9.59 Å². The summed E-state index contributed by atoms with van der Waals surface area (Å²) < 4.78 is 0. The molecule has 0 aliphatic heterocycles. The van der Waals surface area contributed by atoms with E-state index in [1.54, 1.807) is 0 Å². The van der Waals surface area contributed by atoms with Gasteiger partial charge in [0.1, 0.15) is 0 Å². The number of nitrogens with one attached hydrogen (secondary N) is 1. The quantitative estimate of drug-likeness (QED) is 0.633. The number of hydrogen-bond acceptors (Lipinski definition) is 3. The summed E-state index contributed by atoms with van der Waals surface area (Å²) in [6.45, 7) is 9.86. The lowest BCUT2D eigenvalue weighted by Crippen LogP contribution is -2.37. The molecule has 1 aromatic carbocycles. The largest absolute Gasteiger partial charge is 0.375 e. The van der Waals surface area contributed by atoms with Crippen molar-refractivity contribution in [2.45, 2.75) is 45.1 Å². The minimum absolute atomic E-state index is 0.119. The molecule has 2 rings (SSSR count). The Kier molecular flexibility index (Phi) is 5.31. The molecule has 0 saturated heterocycles. The molecule has 1 aromatic rings. The van der Waals surface area contributed by atoms with E-state index in [-0.39, 0.29) is 23.2 Å². The topological polar surface area (TPSA) is 46.2 Å². The number of ketones is 2. The molecule has 116 valence electrons. The first-order chi connectivity index (χ1) is 10.5. The zero-order valence-electron chi connectivity index (χ0n) is 13.2. The van der Waals surface area contributed by atoms with Gasteiger partial charge in [0.15, 0.2) is 11.6 Å². The van der Waals surface area contributed by atoms with E-state index >= 15 is 0 Å².